The molecule has 0 saturated carbocycles. The topological polar surface area (TPSA) is 61.2 Å². The molecule has 2 heterocycles. The van der Waals surface area contributed by atoms with Gasteiger partial charge in [0.15, 0.2) is 6.17 Å². The van der Waals surface area contributed by atoms with Gasteiger partial charge in [0, 0.05) is 30.3 Å². The highest BCUT2D eigenvalue weighted by Crippen LogP contribution is 2.31. The Morgan fingerprint density at radius 1 is 1.28 bits per heavy atom. The summed E-state index contributed by atoms with van der Waals surface area (Å²) in [6, 6.07) is 14.9. The summed E-state index contributed by atoms with van der Waals surface area (Å²) in [7, 11) is 1.72. The third-order valence-electron chi connectivity index (χ3n) is 4.42. The van der Waals surface area contributed by atoms with Crippen LogP contribution in [0.2, 0.25) is 0 Å². The number of hydrogen-bond donors (Lipinski definition) is 2. The van der Waals surface area contributed by atoms with Crippen molar-refractivity contribution in [3.05, 3.63) is 59.2 Å². The number of methoxy groups -OCH3 is 1. The fourth-order valence-electron chi connectivity index (χ4n) is 3.16. The van der Waals surface area contributed by atoms with Crippen LogP contribution in [0.5, 0.6) is 5.75 Å². The number of benzene rings is 2. The van der Waals surface area contributed by atoms with E-state index in [0.29, 0.717) is 0 Å². The first-order chi connectivity index (χ1) is 12.3. The molecule has 0 radical (unpaired) electrons. The number of thioether (sulfide) groups is 1. The molecule has 0 saturated heterocycles. The fraction of sp³-hybridized carbons (Fsp3) is 0.333. The SMILES string of the molecule is COc1ccc2c(c1)CN(Cc1cccc(C3N=NNN3)c1)CCS2. The maximum absolute atomic E-state index is 5.39. The first kappa shape index (κ1) is 16.4. The van der Waals surface area contributed by atoms with Gasteiger partial charge in [-0.15, -0.1) is 16.9 Å². The maximum atomic E-state index is 5.39. The normalized spacial score (nSPS) is 20.0. The summed E-state index contributed by atoms with van der Waals surface area (Å²) in [5.41, 5.74) is 9.46. The van der Waals surface area contributed by atoms with Crippen molar-refractivity contribution < 1.29 is 4.74 Å². The minimum absolute atomic E-state index is 0.107. The quantitative estimate of drug-likeness (QED) is 0.881. The van der Waals surface area contributed by atoms with Crippen LogP contribution in [0.15, 0.2) is 57.7 Å². The number of ether oxygens (including phenoxy) is 1. The van der Waals surface area contributed by atoms with Gasteiger partial charge in [0.25, 0.3) is 0 Å². The van der Waals surface area contributed by atoms with Gasteiger partial charge < -0.3 is 4.74 Å². The molecule has 0 aliphatic carbocycles. The average molecular weight is 355 g/mol. The van der Waals surface area contributed by atoms with Crippen LogP contribution in [0.1, 0.15) is 22.9 Å². The lowest BCUT2D eigenvalue weighted by molar-refractivity contribution is 0.273. The molecule has 25 heavy (non-hydrogen) atoms. The zero-order valence-electron chi connectivity index (χ0n) is 14.1. The summed E-state index contributed by atoms with van der Waals surface area (Å²) in [6.45, 7) is 2.92. The van der Waals surface area contributed by atoms with Crippen LogP contribution in [0.3, 0.4) is 0 Å². The van der Waals surface area contributed by atoms with E-state index >= 15 is 0 Å². The predicted octanol–water partition coefficient (Wildman–Crippen LogP) is 3.28. The Bertz CT molecular complexity index is 782. The zero-order chi connectivity index (χ0) is 17.1. The van der Waals surface area contributed by atoms with E-state index in [1.54, 1.807) is 7.11 Å². The molecule has 2 aromatic rings. The van der Waals surface area contributed by atoms with Crippen LogP contribution in [-0.4, -0.2) is 24.3 Å². The van der Waals surface area contributed by atoms with Crippen LogP contribution in [-0.2, 0) is 13.1 Å². The van der Waals surface area contributed by atoms with Gasteiger partial charge in [-0.3, -0.25) is 4.90 Å². The van der Waals surface area contributed by atoms with Gasteiger partial charge in [-0.2, -0.15) is 5.43 Å². The monoisotopic (exact) mass is 355 g/mol. The van der Waals surface area contributed by atoms with Crippen molar-refractivity contribution in [3.8, 4) is 5.75 Å². The van der Waals surface area contributed by atoms with Gasteiger partial charge in [0.2, 0.25) is 0 Å². The highest BCUT2D eigenvalue weighted by molar-refractivity contribution is 7.99. The number of rotatable bonds is 4. The molecule has 1 atom stereocenters. The van der Waals surface area contributed by atoms with Crippen LogP contribution < -0.4 is 15.7 Å². The lowest BCUT2D eigenvalue weighted by atomic mass is 10.1. The van der Waals surface area contributed by atoms with E-state index < -0.39 is 0 Å². The summed E-state index contributed by atoms with van der Waals surface area (Å²) in [5, 5.41) is 7.91. The average Bonchev–Trinajstić information content (AvgIpc) is 3.10. The molecular weight excluding hydrogens is 334 g/mol. The van der Waals surface area contributed by atoms with Crippen molar-refractivity contribution >= 4 is 11.8 Å². The van der Waals surface area contributed by atoms with Gasteiger partial charge in [-0.1, -0.05) is 29.5 Å². The number of nitrogens with one attached hydrogen (secondary N) is 2. The third kappa shape index (κ3) is 3.78. The van der Waals surface area contributed by atoms with E-state index in [1.165, 1.54) is 16.0 Å². The van der Waals surface area contributed by atoms with E-state index in [9.17, 15) is 0 Å². The second-order valence-electron chi connectivity index (χ2n) is 6.15. The largest absolute Gasteiger partial charge is 0.497 e. The van der Waals surface area contributed by atoms with Crippen LogP contribution in [0, 0.1) is 0 Å². The van der Waals surface area contributed by atoms with Crippen molar-refractivity contribution in [1.29, 1.82) is 0 Å². The smallest absolute Gasteiger partial charge is 0.166 e. The Labute approximate surface area is 151 Å². The third-order valence-corrected chi connectivity index (χ3v) is 5.52. The first-order valence-electron chi connectivity index (χ1n) is 8.33. The molecule has 2 aliphatic heterocycles. The van der Waals surface area contributed by atoms with Crippen LogP contribution >= 0.6 is 11.8 Å². The predicted molar refractivity (Wildman–Crippen MR) is 98.1 cm³/mol. The van der Waals surface area contributed by atoms with Gasteiger partial charge in [-0.05, 0) is 34.9 Å². The molecule has 4 rings (SSSR count). The van der Waals surface area contributed by atoms with E-state index in [2.05, 4.69) is 62.6 Å². The molecule has 2 aromatic carbocycles. The van der Waals surface area contributed by atoms with Crippen molar-refractivity contribution in [3.63, 3.8) is 0 Å². The molecule has 6 nitrogen and oxygen atoms in total. The second kappa shape index (κ2) is 7.43. The van der Waals surface area contributed by atoms with Gasteiger partial charge in [-0.25, -0.2) is 5.53 Å². The molecule has 2 N–H and O–H groups in total. The Morgan fingerprint density at radius 3 is 3.08 bits per heavy atom. The summed E-state index contributed by atoms with van der Waals surface area (Å²) >= 11 is 1.92. The molecule has 0 bridgehead atoms. The fourth-order valence-corrected chi connectivity index (χ4v) is 4.20. The molecule has 0 amide bonds. The number of fused-ring (bicyclic) bond motifs is 1. The molecule has 1 unspecified atom stereocenters. The molecule has 0 fully saturated rings. The summed E-state index contributed by atoms with van der Waals surface area (Å²) in [4.78, 5) is 3.85. The molecule has 7 heteroatoms. The molecular formula is C18H21N5OS. The zero-order valence-corrected chi connectivity index (χ0v) is 14.9. The van der Waals surface area contributed by atoms with Crippen molar-refractivity contribution in [1.82, 2.24) is 15.9 Å². The Hall–Kier alpha value is -2.09. The van der Waals surface area contributed by atoms with E-state index in [0.717, 1.165) is 36.7 Å². The number of hydrogen-bond acceptors (Lipinski definition) is 7. The molecule has 2 aliphatic rings. The summed E-state index contributed by atoms with van der Waals surface area (Å²) < 4.78 is 5.39. The minimum Gasteiger partial charge on any atom is -0.497 e. The maximum Gasteiger partial charge on any atom is 0.166 e. The van der Waals surface area contributed by atoms with E-state index in [1.807, 2.05) is 17.8 Å². The van der Waals surface area contributed by atoms with Gasteiger partial charge in [0.05, 0.1) is 7.11 Å². The number of hydrazine groups is 1. The Kier molecular flexibility index (Phi) is 4.87. The van der Waals surface area contributed by atoms with Crippen molar-refractivity contribution in [2.75, 3.05) is 19.4 Å². The highest BCUT2D eigenvalue weighted by atomic mass is 32.2. The summed E-state index contributed by atoms with van der Waals surface area (Å²) in [5.74, 6) is 2.02. The van der Waals surface area contributed by atoms with Crippen molar-refractivity contribution in [2.45, 2.75) is 24.2 Å². The van der Waals surface area contributed by atoms with E-state index in [4.69, 9.17) is 4.74 Å². The molecule has 130 valence electrons. The van der Waals surface area contributed by atoms with Crippen LogP contribution in [0.4, 0.5) is 0 Å². The first-order valence-corrected chi connectivity index (χ1v) is 9.32. The Balaban J connectivity index is 1.50. The van der Waals surface area contributed by atoms with Gasteiger partial charge in [0.1, 0.15) is 5.75 Å². The van der Waals surface area contributed by atoms with Gasteiger partial charge >= 0.3 is 0 Å². The number of nitrogens with zero attached hydrogens (tertiary/aromatic N) is 3. The van der Waals surface area contributed by atoms with Crippen molar-refractivity contribution in [2.24, 2.45) is 10.3 Å². The minimum atomic E-state index is -0.107. The highest BCUT2D eigenvalue weighted by Gasteiger charge is 2.17. The lowest BCUT2D eigenvalue weighted by Gasteiger charge is -2.21. The van der Waals surface area contributed by atoms with Crippen LogP contribution in [0.25, 0.3) is 0 Å². The lowest BCUT2D eigenvalue weighted by Crippen LogP contribution is -2.25. The molecule has 0 aromatic heterocycles. The summed E-state index contributed by atoms with van der Waals surface area (Å²) in [6.07, 6.45) is -0.107. The van der Waals surface area contributed by atoms with E-state index in [-0.39, 0.29) is 6.17 Å². The standard InChI is InChI=1S/C18H21N5OS/c1-24-16-5-6-17-15(10-16)12-23(7-8-25-17)11-13-3-2-4-14(9-13)18-19-21-22-20-18/h2-6,9-10,18H,7-8,11-12H2,1H3,(H,19,22)(H,20,21). The second-order valence-corrected chi connectivity index (χ2v) is 7.29. The molecule has 0 spiro atoms. The Morgan fingerprint density at radius 2 is 2.24 bits per heavy atom.